The van der Waals surface area contributed by atoms with Crippen LogP contribution in [0.25, 0.3) is 0 Å². The summed E-state index contributed by atoms with van der Waals surface area (Å²) in [7, 11) is 0. The van der Waals surface area contributed by atoms with E-state index in [0.717, 1.165) is 12.8 Å². The van der Waals surface area contributed by atoms with E-state index in [1.165, 1.54) is 74.7 Å². The molecule has 0 aliphatic rings. The van der Waals surface area contributed by atoms with Crippen molar-refractivity contribution in [3.05, 3.63) is 47.3 Å². The summed E-state index contributed by atoms with van der Waals surface area (Å²) in [6.07, 6.45) is 13.5. The summed E-state index contributed by atoms with van der Waals surface area (Å²) >= 11 is 0. The molecule has 2 rings (SSSR count). The average molecular weight is 328 g/mol. The minimum Gasteiger partial charge on any atom is -0.369 e. The van der Waals surface area contributed by atoms with E-state index < -0.39 is 0 Å². The molecule has 0 saturated heterocycles. The van der Waals surface area contributed by atoms with Gasteiger partial charge in [-0.25, -0.2) is 4.98 Å². The Balaban J connectivity index is 1.63. The van der Waals surface area contributed by atoms with E-state index in [2.05, 4.69) is 47.2 Å². The van der Waals surface area contributed by atoms with E-state index in [4.69, 9.17) is 5.73 Å². The number of hydrogen-bond acceptors (Lipinski definition) is 2. The summed E-state index contributed by atoms with van der Waals surface area (Å²) in [6, 6.07) is 10.8. The van der Waals surface area contributed by atoms with Gasteiger partial charge in [0.05, 0.1) is 5.69 Å². The van der Waals surface area contributed by atoms with Crippen LogP contribution in [0.2, 0.25) is 0 Å². The lowest BCUT2D eigenvalue weighted by Gasteiger charge is -2.04. The number of nitrogens with two attached hydrogens (primary N) is 1. The van der Waals surface area contributed by atoms with Gasteiger partial charge in [0.2, 0.25) is 0 Å². The molecule has 0 atom stereocenters. The van der Waals surface area contributed by atoms with Gasteiger partial charge in [-0.05, 0) is 44.1 Å². The highest BCUT2D eigenvalue weighted by molar-refractivity contribution is 5.26. The van der Waals surface area contributed by atoms with Gasteiger partial charge in [0.15, 0.2) is 5.95 Å². The molecule has 2 aromatic rings. The van der Waals surface area contributed by atoms with Crippen LogP contribution in [-0.2, 0) is 19.3 Å². The van der Waals surface area contributed by atoms with Crippen molar-refractivity contribution in [3.63, 3.8) is 0 Å². The summed E-state index contributed by atoms with van der Waals surface area (Å²) in [5.41, 5.74) is 9.78. The molecular weight excluding hydrogens is 294 g/mol. The fourth-order valence-corrected chi connectivity index (χ4v) is 3.23. The lowest BCUT2D eigenvalue weighted by molar-refractivity contribution is 0.629. The molecule has 0 fully saturated rings. The predicted molar refractivity (Wildman–Crippen MR) is 103 cm³/mol. The third-order valence-electron chi connectivity index (χ3n) is 4.63. The summed E-state index contributed by atoms with van der Waals surface area (Å²) in [4.78, 5) is 7.75. The van der Waals surface area contributed by atoms with Gasteiger partial charge in [-0.3, -0.25) is 0 Å². The summed E-state index contributed by atoms with van der Waals surface area (Å²) < 4.78 is 0. The number of aromatic amines is 1. The van der Waals surface area contributed by atoms with Crippen molar-refractivity contribution in [2.75, 3.05) is 5.73 Å². The SMILES string of the molecule is CCCCCCc1nc(N)[nH]c1CCCCCCc1ccccc1. The number of benzene rings is 1. The number of unbranched alkanes of at least 4 members (excludes halogenated alkanes) is 6. The standard InChI is InChI=1S/C21H33N3/c1-2-3-4-11-16-19-20(24-21(22)23-19)17-12-6-5-8-13-18-14-9-7-10-15-18/h7,9-10,14-15H,2-6,8,11-13,16-17H2,1H3,(H3,22,23,24). The maximum atomic E-state index is 5.86. The molecule has 132 valence electrons. The van der Waals surface area contributed by atoms with Crippen molar-refractivity contribution in [3.8, 4) is 0 Å². The van der Waals surface area contributed by atoms with Crippen molar-refractivity contribution in [2.45, 2.75) is 77.6 Å². The summed E-state index contributed by atoms with van der Waals surface area (Å²) in [5, 5.41) is 0. The van der Waals surface area contributed by atoms with Crippen molar-refractivity contribution in [2.24, 2.45) is 0 Å². The van der Waals surface area contributed by atoms with Crippen LogP contribution in [0.15, 0.2) is 30.3 Å². The monoisotopic (exact) mass is 327 g/mol. The van der Waals surface area contributed by atoms with Crippen LogP contribution in [0.1, 0.15) is 75.2 Å². The molecule has 0 saturated carbocycles. The van der Waals surface area contributed by atoms with E-state index in [1.807, 2.05) is 0 Å². The molecule has 0 unspecified atom stereocenters. The van der Waals surface area contributed by atoms with Crippen LogP contribution in [0.4, 0.5) is 5.95 Å². The molecule has 3 heteroatoms. The highest BCUT2D eigenvalue weighted by atomic mass is 15.0. The fourth-order valence-electron chi connectivity index (χ4n) is 3.23. The van der Waals surface area contributed by atoms with Gasteiger partial charge in [-0.15, -0.1) is 0 Å². The third kappa shape index (κ3) is 6.77. The van der Waals surface area contributed by atoms with E-state index in [0.29, 0.717) is 5.95 Å². The normalized spacial score (nSPS) is 11.0. The van der Waals surface area contributed by atoms with Crippen molar-refractivity contribution < 1.29 is 0 Å². The molecular formula is C21H33N3. The van der Waals surface area contributed by atoms with Gasteiger partial charge in [-0.1, -0.05) is 69.4 Å². The first-order chi connectivity index (χ1) is 11.8. The number of anilines is 1. The highest BCUT2D eigenvalue weighted by Crippen LogP contribution is 2.16. The molecule has 24 heavy (non-hydrogen) atoms. The van der Waals surface area contributed by atoms with Crippen molar-refractivity contribution in [1.82, 2.24) is 9.97 Å². The van der Waals surface area contributed by atoms with E-state index >= 15 is 0 Å². The van der Waals surface area contributed by atoms with Crippen LogP contribution in [0.5, 0.6) is 0 Å². The Labute approximate surface area is 147 Å². The van der Waals surface area contributed by atoms with Gasteiger partial charge >= 0.3 is 0 Å². The zero-order valence-electron chi connectivity index (χ0n) is 15.2. The lowest BCUT2D eigenvalue weighted by Crippen LogP contribution is -1.95. The van der Waals surface area contributed by atoms with Crippen LogP contribution < -0.4 is 5.73 Å². The highest BCUT2D eigenvalue weighted by Gasteiger charge is 2.08. The quantitative estimate of drug-likeness (QED) is 0.509. The Morgan fingerprint density at radius 1 is 0.833 bits per heavy atom. The summed E-state index contributed by atoms with van der Waals surface area (Å²) in [6.45, 7) is 2.25. The molecule has 0 aliphatic carbocycles. The second-order valence-corrected chi connectivity index (χ2v) is 6.76. The Morgan fingerprint density at radius 3 is 2.25 bits per heavy atom. The number of H-pyrrole nitrogens is 1. The van der Waals surface area contributed by atoms with Crippen LogP contribution in [0, 0.1) is 0 Å². The maximum Gasteiger partial charge on any atom is 0.197 e. The predicted octanol–water partition coefficient (Wildman–Crippen LogP) is 5.46. The summed E-state index contributed by atoms with van der Waals surface area (Å²) in [5.74, 6) is 0.583. The molecule has 1 aromatic carbocycles. The average Bonchev–Trinajstić information content (AvgIpc) is 2.95. The smallest absolute Gasteiger partial charge is 0.197 e. The van der Waals surface area contributed by atoms with Crippen molar-refractivity contribution >= 4 is 5.95 Å². The number of rotatable bonds is 12. The number of nitrogens with zero attached hydrogens (tertiary/aromatic N) is 1. The maximum absolute atomic E-state index is 5.86. The Kier molecular flexibility index (Phi) is 8.43. The molecule has 0 aliphatic heterocycles. The number of nitrogens with one attached hydrogen (secondary N) is 1. The molecule has 0 radical (unpaired) electrons. The number of nitrogen functional groups attached to an aromatic ring is 1. The van der Waals surface area contributed by atoms with Gasteiger partial charge < -0.3 is 10.7 Å². The topological polar surface area (TPSA) is 54.7 Å². The van der Waals surface area contributed by atoms with Crippen molar-refractivity contribution in [1.29, 1.82) is 0 Å². The van der Waals surface area contributed by atoms with Crippen LogP contribution in [0.3, 0.4) is 0 Å². The zero-order valence-corrected chi connectivity index (χ0v) is 15.2. The Morgan fingerprint density at radius 2 is 1.50 bits per heavy atom. The first kappa shape index (κ1) is 18.6. The molecule has 3 N–H and O–H groups in total. The largest absolute Gasteiger partial charge is 0.369 e. The molecule has 1 heterocycles. The van der Waals surface area contributed by atoms with E-state index in [1.54, 1.807) is 0 Å². The van der Waals surface area contributed by atoms with E-state index in [9.17, 15) is 0 Å². The van der Waals surface area contributed by atoms with Crippen LogP contribution in [-0.4, -0.2) is 9.97 Å². The fraction of sp³-hybridized carbons (Fsp3) is 0.571. The molecule has 3 nitrogen and oxygen atoms in total. The second kappa shape index (κ2) is 10.9. The second-order valence-electron chi connectivity index (χ2n) is 6.76. The van der Waals surface area contributed by atoms with E-state index in [-0.39, 0.29) is 0 Å². The Hall–Kier alpha value is -1.77. The zero-order chi connectivity index (χ0) is 17.0. The lowest BCUT2D eigenvalue weighted by atomic mass is 10.0. The number of aryl methyl sites for hydroxylation is 3. The van der Waals surface area contributed by atoms with Gasteiger partial charge in [0.25, 0.3) is 0 Å². The molecule has 0 bridgehead atoms. The molecule has 0 spiro atoms. The minimum atomic E-state index is 0.583. The first-order valence-electron chi connectivity index (χ1n) is 9.66. The number of aromatic nitrogens is 2. The minimum absolute atomic E-state index is 0.583. The molecule has 0 amide bonds. The third-order valence-corrected chi connectivity index (χ3v) is 4.63. The Bertz CT molecular complexity index is 560. The number of imidazole rings is 1. The van der Waals surface area contributed by atoms with Crippen LogP contribution >= 0.6 is 0 Å². The number of hydrogen-bond donors (Lipinski definition) is 2. The first-order valence-corrected chi connectivity index (χ1v) is 9.66. The van der Waals surface area contributed by atoms with Gasteiger partial charge in [-0.2, -0.15) is 0 Å². The van der Waals surface area contributed by atoms with Gasteiger partial charge in [0, 0.05) is 5.69 Å². The molecule has 1 aromatic heterocycles. The van der Waals surface area contributed by atoms with Gasteiger partial charge in [0.1, 0.15) is 0 Å².